The summed E-state index contributed by atoms with van der Waals surface area (Å²) in [5.74, 6) is 0.544. The Morgan fingerprint density at radius 2 is 1.89 bits per heavy atom. The summed E-state index contributed by atoms with van der Waals surface area (Å²) < 4.78 is 18.8. The van der Waals surface area contributed by atoms with Gasteiger partial charge in [0, 0.05) is 31.3 Å². The van der Waals surface area contributed by atoms with E-state index in [4.69, 9.17) is 18.9 Å². The van der Waals surface area contributed by atoms with Gasteiger partial charge in [0.1, 0.15) is 17.4 Å². The molecule has 0 spiro atoms. The summed E-state index contributed by atoms with van der Waals surface area (Å²) >= 11 is 0. The first-order chi connectivity index (χ1) is 18.0. The molecule has 1 fully saturated rings. The predicted octanol–water partition coefficient (Wildman–Crippen LogP) is 3.56. The number of amides is 1. The van der Waals surface area contributed by atoms with Gasteiger partial charge in [-0.05, 0) is 24.6 Å². The molecule has 0 aliphatic carbocycles. The van der Waals surface area contributed by atoms with Crippen LogP contribution in [0.5, 0.6) is 5.75 Å². The maximum Gasteiger partial charge on any atom is 0.285 e. The maximum absolute atomic E-state index is 13.9. The number of aromatic nitrogens is 4. The Kier molecular flexibility index (Phi) is 5.53. The maximum atomic E-state index is 13.9. The van der Waals surface area contributed by atoms with Crippen LogP contribution in [0.2, 0.25) is 0 Å². The van der Waals surface area contributed by atoms with Crippen LogP contribution in [0.1, 0.15) is 17.8 Å². The first kappa shape index (κ1) is 23.0. The summed E-state index contributed by atoms with van der Waals surface area (Å²) in [6, 6.07) is 15.0. The number of likely N-dealkylation sites (N-methyl/N-ethyl adjacent to an activating group) is 1. The second-order valence-electron chi connectivity index (χ2n) is 9.05. The average molecular weight is 500 g/mol. The summed E-state index contributed by atoms with van der Waals surface area (Å²) in [5, 5.41) is 3.14. The highest BCUT2D eigenvalue weighted by Crippen LogP contribution is 2.32. The van der Waals surface area contributed by atoms with E-state index in [1.807, 2.05) is 37.3 Å². The molecule has 0 saturated carbocycles. The standard InChI is InChI=1S/C27H25N5O5/c1-15-21(16-8-5-4-6-9-16)24-28-17(14-36-20-12-13-31(2)26(20)33)22(27(34)32(24)30-15)25-29-23-18(35-3)10-7-11-19(23)37-25/h4-11,20,30H,12-14H2,1-3H3. The Labute approximate surface area is 211 Å². The van der Waals surface area contributed by atoms with Crippen LogP contribution in [0.15, 0.2) is 57.7 Å². The Bertz CT molecular complexity index is 1700. The van der Waals surface area contributed by atoms with E-state index in [1.165, 1.54) is 4.52 Å². The summed E-state index contributed by atoms with van der Waals surface area (Å²) in [7, 11) is 3.29. The number of carbonyl (C=O) groups is 1. The van der Waals surface area contributed by atoms with Crippen molar-refractivity contribution in [1.82, 2.24) is 24.5 Å². The van der Waals surface area contributed by atoms with E-state index in [2.05, 4.69) is 10.1 Å². The molecular formula is C27H25N5O5. The van der Waals surface area contributed by atoms with E-state index in [1.54, 1.807) is 37.3 Å². The molecule has 1 amide bonds. The van der Waals surface area contributed by atoms with E-state index in [0.29, 0.717) is 41.2 Å². The number of fused-ring (bicyclic) bond motifs is 2. The molecule has 1 N–H and O–H groups in total. The molecule has 0 bridgehead atoms. The topological polar surface area (TPSA) is 115 Å². The smallest absolute Gasteiger partial charge is 0.285 e. The lowest BCUT2D eigenvalue weighted by atomic mass is 10.1. The monoisotopic (exact) mass is 499 g/mol. The van der Waals surface area contributed by atoms with Gasteiger partial charge in [0.25, 0.3) is 11.5 Å². The van der Waals surface area contributed by atoms with Crippen LogP contribution in [0.3, 0.4) is 0 Å². The lowest BCUT2D eigenvalue weighted by molar-refractivity contribution is -0.136. The van der Waals surface area contributed by atoms with Gasteiger partial charge < -0.3 is 18.8 Å². The number of aromatic amines is 1. The van der Waals surface area contributed by atoms with Crippen LogP contribution >= 0.6 is 0 Å². The van der Waals surface area contributed by atoms with Gasteiger partial charge in [-0.2, -0.15) is 0 Å². The van der Waals surface area contributed by atoms with Gasteiger partial charge in [-0.3, -0.25) is 14.7 Å². The van der Waals surface area contributed by atoms with Crippen molar-refractivity contribution < 1.29 is 18.7 Å². The number of benzene rings is 2. The third-order valence-electron chi connectivity index (χ3n) is 6.71. The van der Waals surface area contributed by atoms with Crippen molar-refractivity contribution in [2.24, 2.45) is 0 Å². The fourth-order valence-corrected chi connectivity index (χ4v) is 4.82. The van der Waals surface area contributed by atoms with Crippen LogP contribution in [0.25, 0.3) is 39.3 Å². The van der Waals surface area contributed by atoms with E-state index in [0.717, 1.165) is 16.8 Å². The molecular weight excluding hydrogens is 474 g/mol. The highest BCUT2D eigenvalue weighted by atomic mass is 16.5. The molecule has 10 heteroatoms. The first-order valence-corrected chi connectivity index (χ1v) is 12.0. The fraction of sp³-hybridized carbons (Fsp3) is 0.259. The van der Waals surface area contributed by atoms with Crippen molar-refractivity contribution in [3.8, 4) is 28.3 Å². The van der Waals surface area contributed by atoms with E-state index >= 15 is 0 Å². The molecule has 3 aromatic heterocycles. The normalized spacial score (nSPS) is 15.8. The third-order valence-corrected chi connectivity index (χ3v) is 6.71. The number of hydrogen-bond donors (Lipinski definition) is 1. The van der Waals surface area contributed by atoms with Crippen molar-refractivity contribution in [3.63, 3.8) is 0 Å². The zero-order chi connectivity index (χ0) is 25.7. The van der Waals surface area contributed by atoms with Crippen molar-refractivity contribution >= 4 is 22.7 Å². The molecule has 1 unspecified atom stereocenters. The molecule has 1 aliphatic rings. The van der Waals surface area contributed by atoms with Gasteiger partial charge in [-0.25, -0.2) is 14.5 Å². The van der Waals surface area contributed by atoms with E-state index < -0.39 is 6.10 Å². The van der Waals surface area contributed by atoms with Crippen molar-refractivity contribution in [3.05, 3.63) is 70.3 Å². The van der Waals surface area contributed by atoms with Gasteiger partial charge in [0.15, 0.2) is 16.7 Å². The molecule has 10 nitrogen and oxygen atoms in total. The van der Waals surface area contributed by atoms with Crippen molar-refractivity contribution in [2.45, 2.75) is 26.1 Å². The molecule has 0 radical (unpaired) electrons. The van der Waals surface area contributed by atoms with Crippen LogP contribution in [-0.2, 0) is 16.1 Å². The number of carbonyl (C=O) groups excluding carboxylic acids is 1. The first-order valence-electron chi connectivity index (χ1n) is 12.0. The number of rotatable bonds is 6. The van der Waals surface area contributed by atoms with Crippen LogP contribution in [0, 0.1) is 6.92 Å². The average Bonchev–Trinajstić information content (AvgIpc) is 3.58. The number of nitrogens with one attached hydrogen (secondary N) is 1. The summed E-state index contributed by atoms with van der Waals surface area (Å²) in [4.78, 5) is 37.5. The highest BCUT2D eigenvalue weighted by Gasteiger charge is 2.31. The number of oxazole rings is 1. The van der Waals surface area contributed by atoms with Gasteiger partial charge >= 0.3 is 0 Å². The Balaban J connectivity index is 1.55. The van der Waals surface area contributed by atoms with Crippen molar-refractivity contribution in [2.75, 3.05) is 20.7 Å². The van der Waals surface area contributed by atoms with Crippen LogP contribution in [-0.4, -0.2) is 57.2 Å². The molecule has 4 heterocycles. The molecule has 1 aliphatic heterocycles. The molecule has 2 aromatic carbocycles. The number of hydrogen-bond acceptors (Lipinski definition) is 7. The van der Waals surface area contributed by atoms with Gasteiger partial charge in [0.05, 0.1) is 19.4 Å². The third kappa shape index (κ3) is 3.77. The largest absolute Gasteiger partial charge is 0.494 e. The van der Waals surface area contributed by atoms with Crippen LogP contribution < -0.4 is 10.3 Å². The second kappa shape index (κ2) is 8.90. The second-order valence-corrected chi connectivity index (χ2v) is 9.05. The Hall–Kier alpha value is -4.44. The molecule has 188 valence electrons. The summed E-state index contributed by atoms with van der Waals surface area (Å²) in [6.45, 7) is 2.45. The fourth-order valence-electron chi connectivity index (χ4n) is 4.82. The quantitative estimate of drug-likeness (QED) is 0.380. The SMILES string of the molecule is COc1cccc2oc(-c3c(COC4CCN(C)C4=O)nc4c(-c5ccccc5)c(C)[nH]n4c3=O)nc12. The van der Waals surface area contributed by atoms with Crippen LogP contribution in [0.4, 0.5) is 0 Å². The molecule has 37 heavy (non-hydrogen) atoms. The number of nitrogens with zero attached hydrogens (tertiary/aromatic N) is 4. The minimum atomic E-state index is -0.594. The molecule has 6 rings (SSSR count). The number of H-pyrrole nitrogens is 1. The van der Waals surface area contributed by atoms with Gasteiger partial charge in [0.2, 0.25) is 5.89 Å². The number of para-hydroxylation sites is 1. The van der Waals surface area contributed by atoms with E-state index in [9.17, 15) is 9.59 Å². The van der Waals surface area contributed by atoms with Gasteiger partial charge in [-0.15, -0.1) is 0 Å². The number of methoxy groups -OCH3 is 1. The summed E-state index contributed by atoms with van der Waals surface area (Å²) in [5.41, 5.74) is 4.07. The molecule has 5 aromatic rings. The zero-order valence-corrected chi connectivity index (χ0v) is 20.6. The van der Waals surface area contributed by atoms with Crippen molar-refractivity contribution in [1.29, 1.82) is 0 Å². The minimum Gasteiger partial charge on any atom is -0.494 e. The molecule has 1 atom stereocenters. The summed E-state index contributed by atoms with van der Waals surface area (Å²) in [6.07, 6.45) is -0.0202. The Morgan fingerprint density at radius 3 is 2.62 bits per heavy atom. The lowest BCUT2D eigenvalue weighted by Crippen LogP contribution is -2.28. The lowest BCUT2D eigenvalue weighted by Gasteiger charge is -2.13. The minimum absolute atomic E-state index is 0.0559. The van der Waals surface area contributed by atoms with E-state index in [-0.39, 0.29) is 29.5 Å². The Morgan fingerprint density at radius 1 is 1.08 bits per heavy atom. The highest BCUT2D eigenvalue weighted by molar-refractivity contribution is 5.84. The predicted molar refractivity (Wildman–Crippen MR) is 136 cm³/mol. The van der Waals surface area contributed by atoms with Gasteiger partial charge in [-0.1, -0.05) is 36.4 Å². The zero-order valence-electron chi connectivity index (χ0n) is 20.6. The number of ether oxygens (including phenoxy) is 2. The molecule has 1 saturated heterocycles. The number of aryl methyl sites for hydroxylation is 1. The number of likely N-dealkylation sites (tertiary alicyclic amines) is 1.